The van der Waals surface area contributed by atoms with Crippen molar-refractivity contribution in [1.82, 2.24) is 5.32 Å². The van der Waals surface area contributed by atoms with E-state index in [-0.39, 0.29) is 16.8 Å². The Morgan fingerprint density at radius 1 is 1.24 bits per heavy atom. The lowest BCUT2D eigenvalue weighted by atomic mass is 10.1. The van der Waals surface area contributed by atoms with Crippen LogP contribution in [0.15, 0.2) is 18.2 Å². The van der Waals surface area contributed by atoms with Gasteiger partial charge in [0.1, 0.15) is 5.75 Å². The number of anilines is 1. The number of phenols is 1. The van der Waals surface area contributed by atoms with Crippen LogP contribution in [-0.2, 0) is 4.79 Å². The fraction of sp³-hybridized carbons (Fsp3) is 0.500. The maximum atomic E-state index is 11.7. The van der Waals surface area contributed by atoms with Crippen LogP contribution in [0.2, 0.25) is 0 Å². The quantitative estimate of drug-likeness (QED) is 0.406. The summed E-state index contributed by atoms with van der Waals surface area (Å²) in [7, 11) is 0. The number of hydrogen-bond donors (Lipinski definition) is 3. The van der Waals surface area contributed by atoms with Crippen molar-refractivity contribution in [2.45, 2.75) is 52.4 Å². The Labute approximate surface area is 131 Å². The number of amides is 1. The van der Waals surface area contributed by atoms with Gasteiger partial charge in [-0.1, -0.05) is 38.7 Å². The molecule has 0 spiro atoms. The van der Waals surface area contributed by atoms with Crippen molar-refractivity contribution in [3.05, 3.63) is 23.8 Å². The Hall–Kier alpha value is -1.62. The van der Waals surface area contributed by atoms with E-state index in [1.807, 2.05) is 6.92 Å². The second kappa shape index (κ2) is 9.34. The van der Waals surface area contributed by atoms with E-state index in [0.717, 1.165) is 18.4 Å². The van der Waals surface area contributed by atoms with E-state index >= 15 is 0 Å². The number of benzene rings is 1. The zero-order valence-corrected chi connectivity index (χ0v) is 13.6. The number of thiocarbonyl (C=S) groups is 1. The molecule has 0 radical (unpaired) electrons. The van der Waals surface area contributed by atoms with Gasteiger partial charge in [0.25, 0.3) is 0 Å². The Morgan fingerprint density at radius 3 is 2.67 bits per heavy atom. The molecule has 0 atom stereocenters. The van der Waals surface area contributed by atoms with E-state index in [4.69, 9.17) is 12.2 Å². The highest BCUT2D eigenvalue weighted by molar-refractivity contribution is 7.80. The predicted octanol–water partition coefficient (Wildman–Crippen LogP) is 3.87. The molecule has 1 aromatic carbocycles. The summed E-state index contributed by atoms with van der Waals surface area (Å²) in [4.78, 5) is 11.7. The fourth-order valence-electron chi connectivity index (χ4n) is 1.98. The summed E-state index contributed by atoms with van der Waals surface area (Å²) >= 11 is 5.08. The highest BCUT2D eigenvalue weighted by Crippen LogP contribution is 2.23. The minimum Gasteiger partial charge on any atom is -0.506 e. The van der Waals surface area contributed by atoms with Crippen LogP contribution in [0.1, 0.15) is 51.0 Å². The smallest absolute Gasteiger partial charge is 0.226 e. The van der Waals surface area contributed by atoms with Crippen molar-refractivity contribution < 1.29 is 9.90 Å². The van der Waals surface area contributed by atoms with Crippen LogP contribution in [0.3, 0.4) is 0 Å². The Morgan fingerprint density at radius 2 is 1.95 bits per heavy atom. The molecule has 1 rings (SSSR count). The number of aromatic hydroxyl groups is 1. The topological polar surface area (TPSA) is 61.4 Å². The van der Waals surface area contributed by atoms with Gasteiger partial charge in [-0.05, 0) is 43.3 Å². The van der Waals surface area contributed by atoms with Crippen LogP contribution in [0, 0.1) is 6.92 Å². The van der Waals surface area contributed by atoms with Crippen LogP contribution in [-0.4, -0.2) is 16.1 Å². The predicted molar refractivity (Wildman–Crippen MR) is 90.6 cm³/mol. The number of unbranched alkanes of at least 4 members (excludes halogenated alkanes) is 4. The molecule has 0 heterocycles. The first-order valence-electron chi connectivity index (χ1n) is 7.43. The van der Waals surface area contributed by atoms with Gasteiger partial charge in [0.15, 0.2) is 5.11 Å². The number of phenolic OH excluding ortho intramolecular Hbond substituents is 1. The van der Waals surface area contributed by atoms with Crippen LogP contribution in [0.25, 0.3) is 0 Å². The summed E-state index contributed by atoms with van der Waals surface area (Å²) < 4.78 is 0. The number of aryl methyl sites for hydroxylation is 1. The molecule has 5 heteroatoms. The molecule has 0 aliphatic carbocycles. The van der Waals surface area contributed by atoms with Crippen LogP contribution in [0.4, 0.5) is 5.69 Å². The van der Waals surface area contributed by atoms with Crippen LogP contribution < -0.4 is 10.6 Å². The summed E-state index contributed by atoms with van der Waals surface area (Å²) in [5, 5.41) is 15.4. The second-order valence-corrected chi connectivity index (χ2v) is 5.60. The zero-order chi connectivity index (χ0) is 15.7. The maximum absolute atomic E-state index is 11.7. The lowest BCUT2D eigenvalue weighted by Gasteiger charge is -2.11. The molecule has 0 bridgehead atoms. The van der Waals surface area contributed by atoms with Crippen molar-refractivity contribution in [1.29, 1.82) is 0 Å². The molecule has 0 aromatic heterocycles. The summed E-state index contributed by atoms with van der Waals surface area (Å²) in [6, 6.07) is 5.17. The number of hydrogen-bond acceptors (Lipinski definition) is 3. The standard InChI is InChI=1S/C16H24N2O2S/c1-3-4-5-6-7-8-15(20)18-16(21)17-13-11-12(2)9-10-14(13)19/h9-11,19H,3-8H2,1-2H3,(H2,17,18,20,21). The molecule has 116 valence electrons. The van der Waals surface area contributed by atoms with Crippen LogP contribution >= 0.6 is 12.2 Å². The van der Waals surface area contributed by atoms with E-state index in [9.17, 15) is 9.90 Å². The Bertz CT molecular complexity index is 489. The molecule has 21 heavy (non-hydrogen) atoms. The molecular formula is C16H24N2O2S. The first kappa shape index (κ1) is 17.4. The molecule has 1 amide bonds. The molecule has 1 aromatic rings. The third kappa shape index (κ3) is 7.09. The second-order valence-electron chi connectivity index (χ2n) is 5.19. The van der Waals surface area contributed by atoms with Gasteiger partial charge in [-0.15, -0.1) is 0 Å². The molecule has 3 N–H and O–H groups in total. The fourth-order valence-corrected chi connectivity index (χ4v) is 2.21. The largest absolute Gasteiger partial charge is 0.506 e. The van der Waals surface area contributed by atoms with Gasteiger partial charge >= 0.3 is 0 Å². The third-order valence-corrected chi connectivity index (χ3v) is 3.36. The van der Waals surface area contributed by atoms with Gasteiger partial charge in [-0.2, -0.15) is 0 Å². The molecule has 4 nitrogen and oxygen atoms in total. The van der Waals surface area contributed by atoms with Gasteiger partial charge in [0.05, 0.1) is 5.69 Å². The summed E-state index contributed by atoms with van der Waals surface area (Å²) in [6.07, 6.45) is 6.01. The molecule has 0 fully saturated rings. The first-order chi connectivity index (χ1) is 10.0. The van der Waals surface area contributed by atoms with Crippen molar-refractivity contribution >= 4 is 28.9 Å². The molecule has 0 aliphatic heterocycles. The van der Waals surface area contributed by atoms with Gasteiger partial charge in [-0.25, -0.2) is 0 Å². The number of rotatable bonds is 7. The SMILES string of the molecule is CCCCCCCC(=O)NC(=S)Nc1cc(C)ccc1O. The summed E-state index contributed by atoms with van der Waals surface area (Å²) in [5.74, 6) is 0.0212. The van der Waals surface area contributed by atoms with Crippen molar-refractivity contribution in [2.75, 3.05) is 5.32 Å². The average molecular weight is 308 g/mol. The van der Waals surface area contributed by atoms with Crippen molar-refractivity contribution in [3.63, 3.8) is 0 Å². The van der Waals surface area contributed by atoms with E-state index in [2.05, 4.69) is 17.6 Å². The minimum absolute atomic E-state index is 0.0869. The van der Waals surface area contributed by atoms with E-state index < -0.39 is 0 Å². The highest BCUT2D eigenvalue weighted by atomic mass is 32.1. The third-order valence-electron chi connectivity index (χ3n) is 3.16. The zero-order valence-electron chi connectivity index (χ0n) is 12.7. The van der Waals surface area contributed by atoms with E-state index in [0.29, 0.717) is 12.1 Å². The highest BCUT2D eigenvalue weighted by Gasteiger charge is 2.07. The lowest BCUT2D eigenvalue weighted by Crippen LogP contribution is -2.33. The number of carbonyl (C=O) groups excluding carboxylic acids is 1. The summed E-state index contributed by atoms with van der Waals surface area (Å²) in [5.41, 5.74) is 1.50. The number of nitrogens with one attached hydrogen (secondary N) is 2. The normalized spacial score (nSPS) is 10.2. The molecule has 0 saturated heterocycles. The molecule has 0 saturated carbocycles. The Balaban J connectivity index is 2.32. The lowest BCUT2D eigenvalue weighted by molar-refractivity contribution is -0.119. The van der Waals surface area contributed by atoms with E-state index in [1.165, 1.54) is 19.3 Å². The minimum atomic E-state index is -0.0869. The van der Waals surface area contributed by atoms with Crippen LogP contribution in [0.5, 0.6) is 5.75 Å². The Kier molecular flexibility index (Phi) is 7.75. The first-order valence-corrected chi connectivity index (χ1v) is 7.84. The summed E-state index contributed by atoms with van der Waals surface area (Å²) in [6.45, 7) is 4.08. The average Bonchev–Trinajstić information content (AvgIpc) is 2.42. The molecular weight excluding hydrogens is 284 g/mol. The maximum Gasteiger partial charge on any atom is 0.226 e. The van der Waals surface area contributed by atoms with Gasteiger partial charge < -0.3 is 15.7 Å². The van der Waals surface area contributed by atoms with Gasteiger partial charge in [-0.3, -0.25) is 4.79 Å². The van der Waals surface area contributed by atoms with E-state index in [1.54, 1.807) is 18.2 Å². The van der Waals surface area contributed by atoms with Gasteiger partial charge in [0, 0.05) is 6.42 Å². The molecule has 0 aliphatic rings. The van der Waals surface area contributed by atoms with Crippen molar-refractivity contribution in [2.24, 2.45) is 0 Å². The van der Waals surface area contributed by atoms with Crippen molar-refractivity contribution in [3.8, 4) is 5.75 Å². The van der Waals surface area contributed by atoms with Gasteiger partial charge in [0.2, 0.25) is 5.91 Å². The monoisotopic (exact) mass is 308 g/mol. The number of carbonyl (C=O) groups is 1. The molecule has 0 unspecified atom stereocenters.